The van der Waals surface area contributed by atoms with Gasteiger partial charge in [0, 0.05) is 13.1 Å². The van der Waals surface area contributed by atoms with Crippen molar-refractivity contribution in [2.45, 2.75) is 32.1 Å². The lowest BCUT2D eigenvalue weighted by molar-refractivity contribution is 0.0701. The molecule has 0 unspecified atom stereocenters. The molecule has 1 N–H and O–H groups in total. The highest BCUT2D eigenvalue weighted by molar-refractivity contribution is 7.15. The summed E-state index contributed by atoms with van der Waals surface area (Å²) < 4.78 is 0. The Bertz CT molecular complexity index is 433. The van der Waals surface area contributed by atoms with Gasteiger partial charge in [0.15, 0.2) is 0 Å². The molecule has 1 aliphatic heterocycles. The zero-order valence-electron chi connectivity index (χ0n) is 10.2. The average Bonchev–Trinajstić information content (AvgIpc) is 2.77. The van der Waals surface area contributed by atoms with Crippen LogP contribution in [0.4, 0.5) is 0 Å². The Labute approximate surface area is 110 Å². The van der Waals surface area contributed by atoms with Gasteiger partial charge in [-0.15, -0.1) is 11.3 Å². The fraction of sp³-hybridized carbons (Fsp3) is 0.538. The second-order valence-electron chi connectivity index (χ2n) is 4.53. The van der Waals surface area contributed by atoms with Crippen LogP contribution < -0.4 is 0 Å². The highest BCUT2D eigenvalue weighted by Crippen LogP contribution is 2.20. The van der Waals surface area contributed by atoms with Crippen molar-refractivity contribution in [3.63, 3.8) is 0 Å². The number of carboxylic acids is 1. The zero-order valence-corrected chi connectivity index (χ0v) is 11.0. The molecule has 1 saturated heterocycles. The third-order valence-corrected chi connectivity index (χ3v) is 4.23. The molecule has 0 saturated carbocycles. The van der Waals surface area contributed by atoms with Crippen molar-refractivity contribution in [1.29, 1.82) is 0 Å². The van der Waals surface area contributed by atoms with Gasteiger partial charge in [0.1, 0.15) is 4.88 Å². The summed E-state index contributed by atoms with van der Waals surface area (Å²) in [6.07, 6.45) is 5.69. The fourth-order valence-corrected chi connectivity index (χ4v) is 2.99. The van der Waals surface area contributed by atoms with Crippen LogP contribution in [0.3, 0.4) is 0 Å². The second-order valence-corrected chi connectivity index (χ2v) is 5.61. The fourth-order valence-electron chi connectivity index (χ4n) is 2.17. The summed E-state index contributed by atoms with van der Waals surface area (Å²) in [4.78, 5) is 25.7. The Morgan fingerprint density at radius 1 is 1.00 bits per heavy atom. The average molecular weight is 267 g/mol. The third-order valence-electron chi connectivity index (χ3n) is 3.17. The Hall–Kier alpha value is -1.36. The number of aromatic carboxylic acids is 1. The van der Waals surface area contributed by atoms with E-state index in [1.807, 2.05) is 4.90 Å². The number of carbonyl (C=O) groups is 2. The summed E-state index contributed by atoms with van der Waals surface area (Å²) in [5.41, 5.74) is 0. The summed E-state index contributed by atoms with van der Waals surface area (Å²) in [7, 11) is 0. The van der Waals surface area contributed by atoms with Gasteiger partial charge in [-0.2, -0.15) is 0 Å². The Morgan fingerprint density at radius 2 is 1.56 bits per heavy atom. The smallest absolute Gasteiger partial charge is 0.345 e. The lowest BCUT2D eigenvalue weighted by atomic mass is 10.1. The summed E-state index contributed by atoms with van der Waals surface area (Å²) in [5.74, 6) is -0.985. The number of rotatable bonds is 2. The van der Waals surface area contributed by atoms with Crippen LogP contribution in [-0.2, 0) is 0 Å². The van der Waals surface area contributed by atoms with Crippen molar-refractivity contribution < 1.29 is 14.7 Å². The van der Waals surface area contributed by atoms with E-state index in [-0.39, 0.29) is 10.8 Å². The molecule has 0 radical (unpaired) electrons. The number of thiophene rings is 1. The van der Waals surface area contributed by atoms with Crippen molar-refractivity contribution in [3.8, 4) is 0 Å². The summed E-state index contributed by atoms with van der Waals surface area (Å²) >= 11 is 1.06. The van der Waals surface area contributed by atoms with E-state index < -0.39 is 5.97 Å². The van der Waals surface area contributed by atoms with Gasteiger partial charge in [-0.3, -0.25) is 4.79 Å². The topological polar surface area (TPSA) is 57.6 Å². The first kappa shape index (κ1) is 13.1. The quantitative estimate of drug-likeness (QED) is 0.896. The van der Waals surface area contributed by atoms with E-state index in [9.17, 15) is 9.59 Å². The van der Waals surface area contributed by atoms with E-state index in [0.29, 0.717) is 4.88 Å². The highest BCUT2D eigenvalue weighted by atomic mass is 32.1. The molecule has 1 aromatic heterocycles. The maximum Gasteiger partial charge on any atom is 0.345 e. The molecule has 4 nitrogen and oxygen atoms in total. The van der Waals surface area contributed by atoms with E-state index in [0.717, 1.165) is 37.3 Å². The molecule has 0 bridgehead atoms. The van der Waals surface area contributed by atoms with Gasteiger partial charge >= 0.3 is 5.97 Å². The molecule has 2 rings (SSSR count). The molecular formula is C13H17NO3S. The maximum atomic E-state index is 12.2. The number of hydrogen-bond donors (Lipinski definition) is 1. The maximum absolute atomic E-state index is 12.2. The minimum absolute atomic E-state index is 0.0191. The SMILES string of the molecule is O=C(O)c1ccc(C(=O)N2CCCCCCC2)s1. The Kier molecular flexibility index (Phi) is 4.36. The van der Waals surface area contributed by atoms with E-state index >= 15 is 0 Å². The monoisotopic (exact) mass is 267 g/mol. The molecule has 0 aromatic carbocycles. The minimum Gasteiger partial charge on any atom is -0.477 e. The largest absolute Gasteiger partial charge is 0.477 e. The van der Waals surface area contributed by atoms with Crippen LogP contribution in [0.15, 0.2) is 12.1 Å². The number of hydrogen-bond acceptors (Lipinski definition) is 3. The van der Waals surface area contributed by atoms with Crippen molar-refractivity contribution in [2.75, 3.05) is 13.1 Å². The summed E-state index contributed by atoms with van der Waals surface area (Å²) in [6.45, 7) is 1.58. The number of likely N-dealkylation sites (tertiary alicyclic amines) is 1. The van der Waals surface area contributed by atoms with Gasteiger partial charge < -0.3 is 10.0 Å². The molecule has 1 aromatic rings. The number of amides is 1. The molecule has 1 amide bonds. The van der Waals surface area contributed by atoms with Crippen molar-refractivity contribution >= 4 is 23.2 Å². The predicted molar refractivity (Wildman–Crippen MR) is 70.3 cm³/mol. The number of nitrogens with zero attached hydrogens (tertiary/aromatic N) is 1. The van der Waals surface area contributed by atoms with Crippen LogP contribution in [0.2, 0.25) is 0 Å². The van der Waals surface area contributed by atoms with Gasteiger partial charge in [0.25, 0.3) is 5.91 Å². The molecular weight excluding hydrogens is 250 g/mol. The van der Waals surface area contributed by atoms with Crippen LogP contribution in [0, 0.1) is 0 Å². The van der Waals surface area contributed by atoms with Gasteiger partial charge in [-0.1, -0.05) is 19.3 Å². The first-order valence-corrected chi connectivity index (χ1v) is 7.12. The minimum atomic E-state index is -0.966. The summed E-state index contributed by atoms with van der Waals surface area (Å²) in [5, 5.41) is 8.86. The molecule has 1 fully saturated rings. The molecule has 1 aliphatic rings. The Morgan fingerprint density at radius 3 is 2.11 bits per heavy atom. The van der Waals surface area contributed by atoms with Crippen molar-refractivity contribution in [2.24, 2.45) is 0 Å². The third kappa shape index (κ3) is 3.10. The standard InChI is InChI=1S/C13H17NO3S/c15-12(10-6-7-11(18-10)13(16)17)14-8-4-2-1-3-5-9-14/h6-7H,1-5,8-9H2,(H,16,17). The van der Waals surface area contributed by atoms with E-state index in [1.165, 1.54) is 25.3 Å². The lowest BCUT2D eigenvalue weighted by Crippen LogP contribution is -2.33. The normalized spacial score (nSPS) is 17.0. The van der Waals surface area contributed by atoms with Crippen LogP contribution in [0.1, 0.15) is 51.4 Å². The van der Waals surface area contributed by atoms with E-state index in [4.69, 9.17) is 5.11 Å². The lowest BCUT2D eigenvalue weighted by Gasteiger charge is -2.24. The highest BCUT2D eigenvalue weighted by Gasteiger charge is 2.19. The van der Waals surface area contributed by atoms with Gasteiger partial charge in [-0.05, 0) is 25.0 Å². The van der Waals surface area contributed by atoms with Crippen LogP contribution in [0.25, 0.3) is 0 Å². The van der Waals surface area contributed by atoms with Gasteiger partial charge in [0.2, 0.25) is 0 Å². The van der Waals surface area contributed by atoms with Gasteiger partial charge in [-0.25, -0.2) is 4.79 Å². The van der Waals surface area contributed by atoms with E-state index in [2.05, 4.69) is 0 Å². The van der Waals surface area contributed by atoms with Crippen LogP contribution in [-0.4, -0.2) is 35.0 Å². The van der Waals surface area contributed by atoms with Gasteiger partial charge in [0.05, 0.1) is 4.88 Å². The molecule has 0 atom stereocenters. The first-order chi connectivity index (χ1) is 8.68. The second kappa shape index (κ2) is 6.00. The molecule has 0 spiro atoms. The molecule has 18 heavy (non-hydrogen) atoms. The number of carbonyl (C=O) groups excluding carboxylic acids is 1. The number of carboxylic acid groups (broad SMARTS) is 1. The van der Waals surface area contributed by atoms with Crippen molar-refractivity contribution in [1.82, 2.24) is 4.90 Å². The predicted octanol–water partition coefficient (Wildman–Crippen LogP) is 2.85. The molecule has 0 aliphatic carbocycles. The zero-order chi connectivity index (χ0) is 13.0. The Balaban J connectivity index is 2.05. The van der Waals surface area contributed by atoms with Crippen molar-refractivity contribution in [3.05, 3.63) is 21.9 Å². The van der Waals surface area contributed by atoms with Crippen LogP contribution in [0.5, 0.6) is 0 Å². The van der Waals surface area contributed by atoms with Crippen LogP contribution >= 0.6 is 11.3 Å². The summed E-state index contributed by atoms with van der Waals surface area (Å²) in [6, 6.07) is 3.12. The molecule has 98 valence electrons. The molecule has 5 heteroatoms. The first-order valence-electron chi connectivity index (χ1n) is 6.31. The molecule has 2 heterocycles. The van der Waals surface area contributed by atoms with E-state index in [1.54, 1.807) is 6.07 Å².